The summed E-state index contributed by atoms with van der Waals surface area (Å²) in [6, 6.07) is 6.87. The van der Waals surface area contributed by atoms with Gasteiger partial charge in [0.2, 0.25) is 0 Å². The predicted octanol–water partition coefficient (Wildman–Crippen LogP) is 0.149. The van der Waals surface area contributed by atoms with Gasteiger partial charge >= 0.3 is 6.03 Å². The first-order valence-electron chi connectivity index (χ1n) is 8.20. The fraction of sp³-hybridized carbons (Fsp3) is 0.529. The third-order valence-electron chi connectivity index (χ3n) is 4.73. The molecule has 23 heavy (non-hydrogen) atoms. The summed E-state index contributed by atoms with van der Waals surface area (Å²) in [7, 11) is 0. The number of urea groups is 1. The summed E-state index contributed by atoms with van der Waals surface area (Å²) >= 11 is 0. The number of nitrogens with one attached hydrogen (secondary N) is 1. The number of imide groups is 1. The molecule has 6 nitrogen and oxygen atoms in total. The van der Waals surface area contributed by atoms with Gasteiger partial charge in [0.1, 0.15) is 18.7 Å². The average Bonchev–Trinajstić information content (AvgIpc) is 2.73. The summed E-state index contributed by atoms with van der Waals surface area (Å²) in [6.07, 6.45) is 1.39. The number of likely N-dealkylation sites (tertiary alicyclic amines) is 1. The maximum Gasteiger partial charge on any atom is 0.336 e. The van der Waals surface area contributed by atoms with Crippen molar-refractivity contribution in [2.75, 3.05) is 24.7 Å². The van der Waals surface area contributed by atoms with Crippen molar-refractivity contribution in [1.29, 1.82) is 0 Å². The Bertz CT molecular complexity index is 602. The third-order valence-corrected chi connectivity index (χ3v) is 4.73. The first-order chi connectivity index (χ1) is 11.0. The molecule has 2 saturated heterocycles. The van der Waals surface area contributed by atoms with Crippen molar-refractivity contribution in [3.63, 3.8) is 0 Å². The second-order valence-corrected chi connectivity index (χ2v) is 6.59. The molecule has 0 bridgehead atoms. The zero-order valence-electron chi connectivity index (χ0n) is 13.7. The molecule has 1 unspecified atom stereocenters. The second-order valence-electron chi connectivity index (χ2n) is 6.59. The molecule has 2 heterocycles. The van der Waals surface area contributed by atoms with E-state index in [0.29, 0.717) is 13.2 Å². The van der Waals surface area contributed by atoms with Crippen LogP contribution in [-0.4, -0.2) is 53.8 Å². The summed E-state index contributed by atoms with van der Waals surface area (Å²) in [5.41, 5.74) is 1.86. The number of hydrogen-bond acceptors (Lipinski definition) is 3. The quantitative estimate of drug-likeness (QED) is 0.780. The van der Waals surface area contributed by atoms with E-state index >= 15 is 0 Å². The van der Waals surface area contributed by atoms with Crippen LogP contribution in [0.5, 0.6) is 0 Å². The molecule has 1 aromatic carbocycles. The number of carbonyl (C=O) groups excluding carboxylic acids is 2. The van der Waals surface area contributed by atoms with Gasteiger partial charge in [-0.3, -0.25) is 9.69 Å². The first-order valence-corrected chi connectivity index (χ1v) is 8.20. The molecular weight excluding hydrogens is 294 g/mol. The third kappa shape index (κ3) is 3.09. The molecule has 0 aliphatic carbocycles. The van der Waals surface area contributed by atoms with Crippen molar-refractivity contribution in [3.05, 3.63) is 29.8 Å². The van der Waals surface area contributed by atoms with Crippen LogP contribution in [0.25, 0.3) is 0 Å². The molecule has 124 valence electrons. The Labute approximate surface area is 136 Å². The van der Waals surface area contributed by atoms with E-state index in [-0.39, 0.29) is 18.0 Å². The van der Waals surface area contributed by atoms with Crippen LogP contribution in [0, 0.1) is 6.92 Å². The largest absolute Gasteiger partial charge is 0.387 e. The number of benzene rings is 1. The number of piperidine rings is 1. The molecule has 2 aliphatic heterocycles. The van der Waals surface area contributed by atoms with E-state index < -0.39 is 6.04 Å². The highest BCUT2D eigenvalue weighted by Crippen LogP contribution is 2.25. The van der Waals surface area contributed by atoms with Gasteiger partial charge in [-0.25, -0.2) is 9.69 Å². The molecule has 6 heteroatoms. The lowest BCUT2D eigenvalue weighted by atomic mass is 10.1. The van der Waals surface area contributed by atoms with Gasteiger partial charge in [0.25, 0.3) is 5.91 Å². The fourth-order valence-corrected chi connectivity index (χ4v) is 3.40. The smallest absolute Gasteiger partial charge is 0.336 e. The van der Waals surface area contributed by atoms with Crippen LogP contribution >= 0.6 is 0 Å². The summed E-state index contributed by atoms with van der Waals surface area (Å²) in [6.45, 7) is 5.56. The number of hydrogen-bond donors (Lipinski definition) is 2. The van der Waals surface area contributed by atoms with Gasteiger partial charge in [0.05, 0.1) is 6.54 Å². The minimum atomic E-state index is -0.487. The van der Waals surface area contributed by atoms with E-state index in [1.54, 1.807) is 11.8 Å². The molecule has 3 amide bonds. The number of anilines is 1. The van der Waals surface area contributed by atoms with Crippen molar-refractivity contribution in [2.24, 2.45) is 0 Å². The first kappa shape index (κ1) is 16.0. The van der Waals surface area contributed by atoms with E-state index in [1.165, 1.54) is 4.90 Å². The zero-order chi connectivity index (χ0) is 16.6. The van der Waals surface area contributed by atoms with Crippen molar-refractivity contribution in [3.8, 4) is 0 Å². The molecule has 2 N–H and O–H groups in total. The molecule has 0 saturated carbocycles. The van der Waals surface area contributed by atoms with Crippen LogP contribution in [0.4, 0.5) is 10.5 Å². The summed E-state index contributed by atoms with van der Waals surface area (Å²) < 4.78 is 0. The van der Waals surface area contributed by atoms with E-state index in [4.69, 9.17) is 0 Å². The van der Waals surface area contributed by atoms with Crippen LogP contribution in [0.3, 0.4) is 0 Å². The lowest BCUT2D eigenvalue weighted by Gasteiger charge is -2.29. The van der Waals surface area contributed by atoms with Gasteiger partial charge in [-0.15, -0.1) is 0 Å². The topological polar surface area (TPSA) is 65.3 Å². The van der Waals surface area contributed by atoms with Crippen LogP contribution in [-0.2, 0) is 4.79 Å². The highest BCUT2D eigenvalue weighted by molar-refractivity contribution is 6.13. The maximum absolute atomic E-state index is 12.7. The fourth-order valence-electron chi connectivity index (χ4n) is 3.40. The molecule has 0 radical (unpaired) electrons. The second kappa shape index (κ2) is 6.29. The average molecular weight is 318 g/mol. The Morgan fingerprint density at radius 1 is 1.26 bits per heavy atom. The van der Waals surface area contributed by atoms with Crippen LogP contribution in [0.2, 0.25) is 0 Å². The van der Waals surface area contributed by atoms with Crippen molar-refractivity contribution in [1.82, 2.24) is 4.90 Å². The molecule has 3 atom stereocenters. The molecule has 2 fully saturated rings. The van der Waals surface area contributed by atoms with Gasteiger partial charge in [-0.2, -0.15) is 0 Å². The number of rotatable bonds is 3. The summed E-state index contributed by atoms with van der Waals surface area (Å²) in [5, 5.41) is 9.77. The number of aliphatic hydroxyl groups excluding tert-OH is 1. The number of aryl methyl sites for hydroxylation is 1. The Balaban J connectivity index is 1.76. The predicted molar refractivity (Wildman–Crippen MR) is 86.2 cm³/mol. The highest BCUT2D eigenvalue weighted by Gasteiger charge is 2.45. The van der Waals surface area contributed by atoms with Crippen molar-refractivity contribution in [2.45, 2.75) is 38.8 Å². The number of aliphatic hydroxyl groups is 1. The maximum atomic E-state index is 12.7. The minimum absolute atomic E-state index is 0.164. The van der Waals surface area contributed by atoms with Gasteiger partial charge in [0.15, 0.2) is 6.67 Å². The number of quaternary nitrogens is 1. The minimum Gasteiger partial charge on any atom is -0.387 e. The lowest BCUT2D eigenvalue weighted by molar-refractivity contribution is -0.915. The SMILES string of the molecule is Cc1ccc(N2C(=O)N(C[NH+]3CCC[C@H](O)C3)C(=O)[C@H]2C)cc1. The molecule has 0 spiro atoms. The number of amides is 3. The molecule has 3 rings (SSSR count). The Morgan fingerprint density at radius 2 is 1.96 bits per heavy atom. The molecular formula is C17H24N3O3+. The Morgan fingerprint density at radius 3 is 2.61 bits per heavy atom. The van der Waals surface area contributed by atoms with Crippen molar-refractivity contribution < 1.29 is 19.6 Å². The van der Waals surface area contributed by atoms with Gasteiger partial charge in [-0.05, 0) is 38.8 Å². The van der Waals surface area contributed by atoms with Gasteiger partial charge in [-0.1, -0.05) is 17.7 Å². The Hall–Kier alpha value is -1.92. The van der Waals surface area contributed by atoms with Gasteiger partial charge < -0.3 is 10.0 Å². The van der Waals surface area contributed by atoms with E-state index in [1.807, 2.05) is 31.2 Å². The van der Waals surface area contributed by atoms with E-state index in [9.17, 15) is 14.7 Å². The zero-order valence-corrected chi connectivity index (χ0v) is 13.7. The van der Waals surface area contributed by atoms with Crippen LogP contribution in [0.1, 0.15) is 25.3 Å². The number of nitrogens with zero attached hydrogens (tertiary/aromatic N) is 2. The van der Waals surface area contributed by atoms with Crippen LogP contribution in [0.15, 0.2) is 24.3 Å². The Kier molecular flexibility index (Phi) is 4.37. The van der Waals surface area contributed by atoms with Gasteiger partial charge in [0, 0.05) is 5.69 Å². The van der Waals surface area contributed by atoms with E-state index in [2.05, 4.69) is 0 Å². The highest BCUT2D eigenvalue weighted by atomic mass is 16.3. The van der Waals surface area contributed by atoms with Crippen LogP contribution < -0.4 is 9.80 Å². The summed E-state index contributed by atoms with van der Waals surface area (Å²) in [5.74, 6) is -0.164. The molecule has 1 aromatic rings. The number of carbonyl (C=O) groups is 2. The lowest BCUT2D eigenvalue weighted by Crippen LogP contribution is -3.15. The molecule has 2 aliphatic rings. The molecule has 0 aromatic heterocycles. The normalized spacial score (nSPS) is 28.6. The van der Waals surface area contributed by atoms with E-state index in [0.717, 1.165) is 35.5 Å². The summed E-state index contributed by atoms with van der Waals surface area (Å²) in [4.78, 5) is 29.2. The monoisotopic (exact) mass is 318 g/mol. The van der Waals surface area contributed by atoms with Crippen molar-refractivity contribution >= 4 is 17.6 Å². The standard InChI is InChI=1S/C17H23N3O3/c1-12-5-7-14(8-6-12)20-13(2)16(22)19(17(20)23)11-18-9-3-4-15(21)10-18/h5-8,13,15,21H,3-4,9-11H2,1-2H3/p+1/t13-,15+/m1/s1.